The molecule has 0 radical (unpaired) electrons. The molecule has 5 nitrogen and oxygen atoms in total. The summed E-state index contributed by atoms with van der Waals surface area (Å²) in [5.74, 6) is 0. The maximum atomic E-state index is 10.0. The van der Waals surface area contributed by atoms with Crippen molar-refractivity contribution in [3.05, 3.63) is 0 Å². The van der Waals surface area contributed by atoms with Crippen LogP contribution < -0.4 is 5.32 Å². The highest BCUT2D eigenvalue weighted by Gasteiger charge is 1.94. The van der Waals surface area contributed by atoms with Crippen LogP contribution in [0.1, 0.15) is 39.0 Å². The SMILES string of the molecule is CCCCCCNCCCOS(=O)(=O)[O-]. The molecule has 0 aliphatic carbocycles. The second-order valence-electron chi connectivity index (χ2n) is 3.39. The third-order valence-electron chi connectivity index (χ3n) is 1.93. The molecule has 0 spiro atoms. The summed E-state index contributed by atoms with van der Waals surface area (Å²) in [7, 11) is -4.51. The smallest absolute Gasteiger partial charge is 0.217 e. The Kier molecular flexibility index (Phi) is 8.98. The molecular weight excluding hydrogens is 218 g/mol. The van der Waals surface area contributed by atoms with Gasteiger partial charge in [0.25, 0.3) is 0 Å². The molecule has 0 aliphatic heterocycles. The summed E-state index contributed by atoms with van der Waals surface area (Å²) >= 11 is 0. The van der Waals surface area contributed by atoms with Gasteiger partial charge in [0.1, 0.15) is 0 Å². The minimum Gasteiger partial charge on any atom is -0.726 e. The summed E-state index contributed by atoms with van der Waals surface area (Å²) in [6.07, 6.45) is 5.35. The first-order valence-electron chi connectivity index (χ1n) is 5.37. The van der Waals surface area contributed by atoms with E-state index in [9.17, 15) is 13.0 Å². The van der Waals surface area contributed by atoms with E-state index in [-0.39, 0.29) is 6.61 Å². The number of rotatable bonds is 10. The van der Waals surface area contributed by atoms with E-state index in [0.717, 1.165) is 13.0 Å². The quantitative estimate of drug-likeness (QED) is 0.349. The third kappa shape index (κ3) is 13.8. The summed E-state index contributed by atoms with van der Waals surface area (Å²) in [6, 6.07) is 0. The van der Waals surface area contributed by atoms with Gasteiger partial charge in [0.05, 0.1) is 6.61 Å². The van der Waals surface area contributed by atoms with Crippen molar-refractivity contribution in [1.82, 2.24) is 5.32 Å². The van der Waals surface area contributed by atoms with Gasteiger partial charge in [-0.15, -0.1) is 0 Å². The van der Waals surface area contributed by atoms with E-state index in [1.165, 1.54) is 19.3 Å². The lowest BCUT2D eigenvalue weighted by Gasteiger charge is -2.07. The molecule has 0 aromatic heterocycles. The average Bonchev–Trinajstić information content (AvgIpc) is 2.14. The second-order valence-corrected chi connectivity index (χ2v) is 4.45. The van der Waals surface area contributed by atoms with Crippen molar-refractivity contribution < 1.29 is 17.2 Å². The van der Waals surface area contributed by atoms with Gasteiger partial charge < -0.3 is 9.87 Å². The molecule has 0 atom stereocenters. The van der Waals surface area contributed by atoms with Crippen LogP contribution in [0, 0.1) is 0 Å². The molecule has 6 heteroatoms. The molecule has 0 aromatic rings. The van der Waals surface area contributed by atoms with Gasteiger partial charge in [0, 0.05) is 0 Å². The van der Waals surface area contributed by atoms with Crippen molar-refractivity contribution >= 4 is 10.4 Å². The first kappa shape index (κ1) is 14.8. The predicted octanol–water partition coefficient (Wildman–Crippen LogP) is 1.02. The van der Waals surface area contributed by atoms with E-state index in [1.54, 1.807) is 0 Å². The summed E-state index contributed by atoms with van der Waals surface area (Å²) in [6.45, 7) is 3.74. The van der Waals surface area contributed by atoms with Gasteiger partial charge in [0.2, 0.25) is 10.4 Å². The van der Waals surface area contributed by atoms with Crippen LogP contribution in [-0.2, 0) is 14.6 Å². The van der Waals surface area contributed by atoms with Crippen LogP contribution in [0.4, 0.5) is 0 Å². The summed E-state index contributed by atoms with van der Waals surface area (Å²) in [5, 5.41) is 3.15. The van der Waals surface area contributed by atoms with Crippen molar-refractivity contribution in [1.29, 1.82) is 0 Å². The molecule has 0 rings (SSSR count). The van der Waals surface area contributed by atoms with Crippen LogP contribution in [0.2, 0.25) is 0 Å². The van der Waals surface area contributed by atoms with Gasteiger partial charge in [-0.2, -0.15) is 0 Å². The minimum absolute atomic E-state index is 0.0339. The van der Waals surface area contributed by atoms with Gasteiger partial charge in [-0.1, -0.05) is 26.2 Å². The Morgan fingerprint density at radius 2 is 1.80 bits per heavy atom. The number of nitrogens with one attached hydrogen (secondary N) is 1. The molecule has 0 fully saturated rings. The van der Waals surface area contributed by atoms with Gasteiger partial charge in [0.15, 0.2) is 0 Å². The molecule has 0 aromatic carbocycles. The zero-order valence-corrected chi connectivity index (χ0v) is 10.0. The van der Waals surface area contributed by atoms with Crippen LogP contribution in [0.25, 0.3) is 0 Å². The van der Waals surface area contributed by atoms with Crippen LogP contribution >= 0.6 is 0 Å². The highest BCUT2D eigenvalue weighted by Crippen LogP contribution is 1.97. The Balaban J connectivity index is 3.06. The Bertz CT molecular complexity index is 228. The largest absolute Gasteiger partial charge is 0.726 e. The van der Waals surface area contributed by atoms with E-state index >= 15 is 0 Å². The molecule has 0 heterocycles. The van der Waals surface area contributed by atoms with Crippen LogP contribution in [0.3, 0.4) is 0 Å². The first-order valence-corrected chi connectivity index (χ1v) is 6.70. The average molecular weight is 238 g/mol. The Morgan fingerprint density at radius 1 is 1.13 bits per heavy atom. The fraction of sp³-hybridized carbons (Fsp3) is 1.00. The fourth-order valence-corrected chi connectivity index (χ4v) is 1.48. The summed E-state index contributed by atoms with van der Waals surface area (Å²) in [5.41, 5.74) is 0. The van der Waals surface area contributed by atoms with Crippen molar-refractivity contribution in [2.75, 3.05) is 19.7 Å². The van der Waals surface area contributed by atoms with Crippen LogP contribution in [0.5, 0.6) is 0 Å². The molecule has 1 N–H and O–H groups in total. The van der Waals surface area contributed by atoms with Gasteiger partial charge in [-0.05, 0) is 25.9 Å². The van der Waals surface area contributed by atoms with Crippen molar-refractivity contribution in [3.63, 3.8) is 0 Å². The maximum absolute atomic E-state index is 10.0. The van der Waals surface area contributed by atoms with E-state index < -0.39 is 10.4 Å². The summed E-state index contributed by atoms with van der Waals surface area (Å²) < 4.78 is 34.2. The van der Waals surface area contributed by atoms with Crippen molar-refractivity contribution in [3.8, 4) is 0 Å². The molecule has 0 bridgehead atoms. The fourth-order valence-electron chi connectivity index (χ4n) is 1.16. The van der Waals surface area contributed by atoms with Crippen molar-refractivity contribution in [2.45, 2.75) is 39.0 Å². The Morgan fingerprint density at radius 3 is 2.40 bits per heavy atom. The standard InChI is InChI=1S/C9H21NO4S/c1-2-3-4-5-7-10-8-6-9-14-15(11,12)13/h10H,2-9H2,1H3,(H,11,12,13)/p-1. The molecule has 0 unspecified atom stereocenters. The molecular formula is C9H20NO4S-. The number of unbranched alkanes of at least 4 members (excludes halogenated alkanes) is 3. The van der Waals surface area contributed by atoms with Gasteiger partial charge >= 0.3 is 0 Å². The molecule has 15 heavy (non-hydrogen) atoms. The lowest BCUT2D eigenvalue weighted by atomic mass is 10.2. The first-order chi connectivity index (χ1) is 7.06. The molecule has 0 aliphatic rings. The molecule has 0 amide bonds. The van der Waals surface area contributed by atoms with Gasteiger partial charge in [-0.25, -0.2) is 8.42 Å². The summed E-state index contributed by atoms with van der Waals surface area (Å²) in [4.78, 5) is 0. The zero-order chi connectivity index (χ0) is 11.6. The van der Waals surface area contributed by atoms with Crippen molar-refractivity contribution in [2.24, 2.45) is 0 Å². The minimum atomic E-state index is -4.51. The van der Waals surface area contributed by atoms with Gasteiger partial charge in [-0.3, -0.25) is 4.18 Å². The predicted molar refractivity (Wildman–Crippen MR) is 57.3 cm³/mol. The number of hydrogen-bond acceptors (Lipinski definition) is 5. The van der Waals surface area contributed by atoms with E-state index in [2.05, 4.69) is 16.4 Å². The molecule has 0 saturated heterocycles. The lowest BCUT2D eigenvalue weighted by molar-refractivity contribution is 0.257. The highest BCUT2D eigenvalue weighted by molar-refractivity contribution is 7.80. The van der Waals surface area contributed by atoms with E-state index in [4.69, 9.17) is 0 Å². The van der Waals surface area contributed by atoms with Crippen LogP contribution in [-0.4, -0.2) is 32.7 Å². The third-order valence-corrected chi connectivity index (χ3v) is 2.39. The second kappa shape index (κ2) is 9.08. The maximum Gasteiger partial charge on any atom is 0.217 e. The monoisotopic (exact) mass is 238 g/mol. The van der Waals surface area contributed by atoms with Crippen LogP contribution in [0.15, 0.2) is 0 Å². The molecule has 0 saturated carbocycles. The molecule has 92 valence electrons. The van der Waals surface area contributed by atoms with E-state index in [0.29, 0.717) is 13.0 Å². The normalized spacial score (nSPS) is 11.9. The highest BCUT2D eigenvalue weighted by atomic mass is 32.3. The topological polar surface area (TPSA) is 78.5 Å². The van der Waals surface area contributed by atoms with E-state index in [1.807, 2.05) is 0 Å². The lowest BCUT2D eigenvalue weighted by Crippen LogP contribution is -2.18. The Labute approximate surface area is 92.2 Å². The Hall–Kier alpha value is -0.170. The number of hydrogen-bond donors (Lipinski definition) is 1. The zero-order valence-electron chi connectivity index (χ0n) is 9.20.